The number of carbonyl (C=O) groups excluding carboxylic acids is 2. The highest BCUT2D eigenvalue weighted by atomic mass is 32.1. The summed E-state index contributed by atoms with van der Waals surface area (Å²) >= 11 is 1.63. The lowest BCUT2D eigenvalue weighted by Crippen LogP contribution is -2.30. The molecule has 2 aromatic heterocycles. The van der Waals surface area contributed by atoms with Crippen LogP contribution in [0, 0.1) is 19.7 Å². The molecule has 1 aromatic carbocycles. The molecular weight excluding hydrogens is 405 g/mol. The van der Waals surface area contributed by atoms with E-state index >= 15 is 0 Å². The van der Waals surface area contributed by atoms with Gasteiger partial charge in [0.2, 0.25) is 0 Å². The van der Waals surface area contributed by atoms with Crippen molar-refractivity contribution in [3.63, 3.8) is 0 Å². The Balaban J connectivity index is 1.52. The van der Waals surface area contributed by atoms with E-state index in [0.717, 1.165) is 23.4 Å². The fourth-order valence-electron chi connectivity index (χ4n) is 2.90. The molecule has 156 valence electrons. The van der Waals surface area contributed by atoms with Crippen LogP contribution < -0.4 is 5.32 Å². The van der Waals surface area contributed by atoms with Crippen molar-refractivity contribution >= 4 is 29.3 Å². The minimum absolute atomic E-state index is 0.321. The van der Waals surface area contributed by atoms with E-state index in [-0.39, 0.29) is 18.3 Å². The number of hydrogen-bond donors (Lipinski definition) is 1. The van der Waals surface area contributed by atoms with Gasteiger partial charge in [-0.05, 0) is 62.1 Å². The number of esters is 1. The number of nitrogens with one attached hydrogen (secondary N) is 1. The van der Waals surface area contributed by atoms with Gasteiger partial charge in [-0.25, -0.2) is 13.9 Å². The maximum atomic E-state index is 13.1. The molecule has 0 fully saturated rings. The first-order chi connectivity index (χ1) is 14.4. The van der Waals surface area contributed by atoms with Crippen LogP contribution in [-0.4, -0.2) is 34.8 Å². The van der Waals surface area contributed by atoms with Crippen molar-refractivity contribution in [2.24, 2.45) is 0 Å². The van der Waals surface area contributed by atoms with E-state index in [2.05, 4.69) is 10.4 Å². The summed E-state index contributed by atoms with van der Waals surface area (Å²) in [5, 5.41) is 9.15. The number of aromatic nitrogens is 2. The van der Waals surface area contributed by atoms with Gasteiger partial charge in [0.15, 0.2) is 6.61 Å². The van der Waals surface area contributed by atoms with E-state index in [1.54, 1.807) is 34.2 Å². The Morgan fingerprint density at radius 3 is 2.70 bits per heavy atom. The van der Waals surface area contributed by atoms with E-state index in [1.165, 1.54) is 23.1 Å². The minimum atomic E-state index is -0.614. The average Bonchev–Trinajstić information content (AvgIpc) is 3.34. The van der Waals surface area contributed by atoms with Crippen LogP contribution in [0.15, 0.2) is 47.9 Å². The maximum absolute atomic E-state index is 13.1. The zero-order valence-electron chi connectivity index (χ0n) is 16.7. The Morgan fingerprint density at radius 1 is 1.23 bits per heavy atom. The van der Waals surface area contributed by atoms with Gasteiger partial charge in [0.25, 0.3) is 5.91 Å². The zero-order valence-corrected chi connectivity index (χ0v) is 17.5. The van der Waals surface area contributed by atoms with Crippen molar-refractivity contribution < 1.29 is 18.7 Å². The lowest BCUT2D eigenvalue weighted by atomic mass is 10.2. The molecule has 0 saturated heterocycles. The Kier molecular flexibility index (Phi) is 7.13. The third-order valence-electron chi connectivity index (χ3n) is 4.42. The van der Waals surface area contributed by atoms with E-state index in [9.17, 15) is 14.0 Å². The highest BCUT2D eigenvalue weighted by molar-refractivity contribution is 7.09. The number of rotatable bonds is 8. The van der Waals surface area contributed by atoms with Gasteiger partial charge in [0.05, 0.1) is 11.4 Å². The van der Waals surface area contributed by atoms with Crippen molar-refractivity contribution in [1.82, 2.24) is 15.1 Å². The van der Waals surface area contributed by atoms with E-state index < -0.39 is 5.97 Å². The van der Waals surface area contributed by atoms with Crippen LogP contribution in [0.2, 0.25) is 0 Å². The summed E-state index contributed by atoms with van der Waals surface area (Å²) in [5.41, 5.74) is 3.00. The summed E-state index contributed by atoms with van der Waals surface area (Å²) in [6.07, 6.45) is 3.62. The van der Waals surface area contributed by atoms with Crippen LogP contribution in [0.5, 0.6) is 0 Å². The molecule has 0 radical (unpaired) electrons. The molecule has 0 spiro atoms. The molecule has 3 rings (SSSR count). The zero-order chi connectivity index (χ0) is 21.5. The molecular formula is C22H22FN3O3S. The van der Waals surface area contributed by atoms with E-state index in [1.807, 2.05) is 31.4 Å². The number of ether oxygens (including phenoxy) is 1. The van der Waals surface area contributed by atoms with Gasteiger partial charge in [-0.3, -0.25) is 4.79 Å². The van der Waals surface area contributed by atoms with Crippen molar-refractivity contribution in [3.05, 3.63) is 75.5 Å². The molecule has 8 heteroatoms. The molecule has 2 heterocycles. The number of hydrogen-bond acceptors (Lipinski definition) is 5. The molecule has 0 aliphatic rings. The van der Waals surface area contributed by atoms with Crippen LogP contribution in [0.1, 0.15) is 21.8 Å². The molecule has 0 bridgehead atoms. The number of thiophene rings is 1. The normalized spacial score (nSPS) is 11.0. The smallest absolute Gasteiger partial charge is 0.331 e. The third kappa shape index (κ3) is 5.64. The summed E-state index contributed by atoms with van der Waals surface area (Å²) in [4.78, 5) is 24.9. The van der Waals surface area contributed by atoms with Crippen LogP contribution in [0.3, 0.4) is 0 Å². The number of nitrogens with zero attached hydrogens (tertiary/aromatic N) is 2. The first kappa shape index (κ1) is 21.4. The second-order valence-corrected chi connectivity index (χ2v) is 7.63. The predicted molar refractivity (Wildman–Crippen MR) is 114 cm³/mol. The fraction of sp³-hybridized carbons (Fsp3) is 0.227. The van der Waals surface area contributed by atoms with Crippen molar-refractivity contribution in [2.45, 2.75) is 20.3 Å². The fourth-order valence-corrected chi connectivity index (χ4v) is 3.61. The Bertz CT molecular complexity index is 1040. The molecule has 3 aromatic rings. The number of halogens is 1. The highest BCUT2D eigenvalue weighted by Gasteiger charge is 2.12. The molecule has 1 amide bonds. The molecule has 1 N–H and O–H groups in total. The van der Waals surface area contributed by atoms with Gasteiger partial charge in [-0.2, -0.15) is 5.10 Å². The molecule has 0 unspecified atom stereocenters. The summed E-state index contributed by atoms with van der Waals surface area (Å²) < 4.78 is 19.8. The summed E-state index contributed by atoms with van der Waals surface area (Å²) in [6, 6.07) is 9.96. The number of aryl methyl sites for hydroxylation is 1. The predicted octanol–water partition coefficient (Wildman–Crippen LogP) is 3.61. The molecule has 0 aliphatic carbocycles. The van der Waals surface area contributed by atoms with Crippen LogP contribution >= 0.6 is 11.3 Å². The quantitative estimate of drug-likeness (QED) is 0.440. The van der Waals surface area contributed by atoms with Crippen LogP contribution in [-0.2, 0) is 20.7 Å². The average molecular weight is 428 g/mol. The third-order valence-corrected chi connectivity index (χ3v) is 5.36. The van der Waals surface area contributed by atoms with E-state index in [0.29, 0.717) is 12.2 Å². The summed E-state index contributed by atoms with van der Waals surface area (Å²) in [6.45, 7) is 3.84. The van der Waals surface area contributed by atoms with Gasteiger partial charge in [-0.1, -0.05) is 6.07 Å². The summed E-state index contributed by atoms with van der Waals surface area (Å²) in [7, 11) is 0. The largest absolute Gasteiger partial charge is 0.452 e. The van der Waals surface area contributed by atoms with Gasteiger partial charge in [0, 0.05) is 28.8 Å². The second-order valence-electron chi connectivity index (χ2n) is 6.59. The number of carbonyl (C=O) groups is 2. The molecule has 6 nitrogen and oxygen atoms in total. The van der Waals surface area contributed by atoms with Gasteiger partial charge in [0.1, 0.15) is 5.82 Å². The molecule has 0 aliphatic heterocycles. The van der Waals surface area contributed by atoms with Crippen molar-refractivity contribution in [1.29, 1.82) is 0 Å². The van der Waals surface area contributed by atoms with Crippen LogP contribution in [0.25, 0.3) is 11.8 Å². The van der Waals surface area contributed by atoms with Crippen molar-refractivity contribution in [2.75, 3.05) is 13.2 Å². The first-order valence-corrected chi connectivity index (χ1v) is 10.3. The first-order valence-electron chi connectivity index (χ1n) is 9.40. The van der Waals surface area contributed by atoms with E-state index in [4.69, 9.17) is 4.74 Å². The molecule has 0 saturated carbocycles. The van der Waals surface area contributed by atoms with Crippen LogP contribution in [0.4, 0.5) is 4.39 Å². The Labute approximate surface area is 178 Å². The highest BCUT2D eigenvalue weighted by Crippen LogP contribution is 2.19. The van der Waals surface area contributed by atoms with Crippen molar-refractivity contribution in [3.8, 4) is 5.69 Å². The molecule has 30 heavy (non-hydrogen) atoms. The lowest BCUT2D eigenvalue weighted by molar-refractivity contribution is -0.143. The maximum Gasteiger partial charge on any atom is 0.331 e. The SMILES string of the molecule is Cc1nn(-c2ccc(F)cc2)c(C)c1/C=C/C(=O)OCC(=O)NCCc1cccs1. The second kappa shape index (κ2) is 9.98. The monoisotopic (exact) mass is 427 g/mol. The lowest BCUT2D eigenvalue weighted by Gasteiger charge is -2.05. The topological polar surface area (TPSA) is 73.2 Å². The number of amides is 1. The van der Waals surface area contributed by atoms with Gasteiger partial charge < -0.3 is 10.1 Å². The Morgan fingerprint density at radius 2 is 2.00 bits per heavy atom. The Hall–Kier alpha value is -3.26. The van der Waals surface area contributed by atoms with Gasteiger partial charge in [-0.15, -0.1) is 11.3 Å². The summed E-state index contributed by atoms with van der Waals surface area (Å²) in [5.74, 6) is -1.28. The number of benzene rings is 1. The standard InChI is InChI=1S/C22H22FN3O3S/c1-15-20(16(2)26(25-15)18-7-5-17(23)6-8-18)9-10-22(28)29-14-21(27)24-12-11-19-4-3-13-30-19/h3-10,13H,11-12,14H2,1-2H3,(H,24,27)/b10-9+. The van der Waals surface area contributed by atoms with Gasteiger partial charge >= 0.3 is 5.97 Å². The molecule has 0 atom stereocenters. The minimum Gasteiger partial charge on any atom is -0.452 e.